The monoisotopic (exact) mass is 394 g/mol. The van der Waals surface area contributed by atoms with Crippen molar-refractivity contribution in [2.45, 2.75) is 20.8 Å². The molecule has 94 valence electrons. The molecule has 0 spiro atoms. The third-order valence-corrected chi connectivity index (χ3v) is 2.72. The van der Waals surface area contributed by atoms with Gasteiger partial charge in [0.1, 0.15) is 0 Å². The molecule has 0 unspecified atom stereocenters. The fourth-order valence-corrected chi connectivity index (χ4v) is 1.66. The summed E-state index contributed by atoms with van der Waals surface area (Å²) in [7, 11) is -1.73. The molecule has 0 aliphatic rings. The van der Waals surface area contributed by atoms with E-state index in [1.807, 2.05) is 20.8 Å². The van der Waals surface area contributed by atoms with Gasteiger partial charge < -0.3 is 62.9 Å². The van der Waals surface area contributed by atoms with E-state index >= 15 is 0 Å². The maximum absolute atomic E-state index is 5.22. The van der Waals surface area contributed by atoms with Crippen molar-refractivity contribution in [1.82, 2.24) is 0 Å². The molecule has 3 nitrogen and oxygen atoms in total. The second-order valence-corrected chi connectivity index (χ2v) is 3.23. The van der Waals surface area contributed by atoms with Crippen molar-refractivity contribution in [1.29, 1.82) is 0 Å². The number of hydrogen-bond donors (Lipinski definition) is 0. The van der Waals surface area contributed by atoms with Gasteiger partial charge in [-0.1, -0.05) is 0 Å². The number of halogens is 4. The second kappa shape index (κ2) is 29.8. The largest absolute Gasteiger partial charge is 4.00 e. The fourth-order valence-electron chi connectivity index (χ4n) is 0.553. The summed E-state index contributed by atoms with van der Waals surface area (Å²) in [5.74, 6) is 0. The average Bonchev–Trinajstić information content (AvgIpc) is 1.90. The molecule has 0 aromatic carbocycles. The Bertz CT molecular complexity index is 73.1. The van der Waals surface area contributed by atoms with E-state index in [0.29, 0.717) is 19.8 Å². The Labute approximate surface area is 138 Å². The first-order valence-corrected chi connectivity index (χ1v) is 5.11. The fraction of sp³-hybridized carbons (Fsp3) is 1.00. The smallest absolute Gasteiger partial charge is 1.00 e. The van der Waals surface area contributed by atoms with Crippen LogP contribution in [0.5, 0.6) is 0 Å². The average molecular weight is 397 g/mol. The summed E-state index contributed by atoms with van der Waals surface area (Å²) in [5, 5.41) is 0. The topological polar surface area (TPSA) is 27.7 Å². The Morgan fingerprint density at radius 3 is 1.00 bits per heavy atom. The van der Waals surface area contributed by atoms with Gasteiger partial charge in [0.15, 0.2) is 0 Å². The van der Waals surface area contributed by atoms with E-state index in [0.717, 1.165) is 0 Å². The maximum atomic E-state index is 5.22. The van der Waals surface area contributed by atoms with Crippen LogP contribution in [0.4, 0.5) is 0 Å². The molecule has 15 heavy (non-hydrogen) atoms. The number of hydrogen-bond acceptors (Lipinski definition) is 3. The van der Waals surface area contributed by atoms with Gasteiger partial charge in [-0.2, -0.15) is 0 Å². The van der Waals surface area contributed by atoms with E-state index in [9.17, 15) is 0 Å². The van der Waals surface area contributed by atoms with E-state index in [-0.39, 0.29) is 75.8 Å². The van der Waals surface area contributed by atoms with Crippen molar-refractivity contribution < 1.29 is 89.1 Å². The van der Waals surface area contributed by atoms with Crippen molar-refractivity contribution >= 4 is 9.53 Å². The molecular weight excluding hydrogens is 381 g/mol. The zero-order valence-electron chi connectivity index (χ0n) is 8.94. The van der Waals surface area contributed by atoms with Crippen molar-refractivity contribution in [3.63, 3.8) is 0 Å². The predicted octanol–water partition coefficient (Wildman–Crippen LogP) is -11.2. The van der Waals surface area contributed by atoms with Gasteiger partial charge >= 0.3 is 35.7 Å². The van der Waals surface area contributed by atoms with Crippen LogP contribution < -0.4 is 49.6 Å². The third-order valence-electron chi connectivity index (χ3n) is 0.908. The SMILES string of the molecule is CCO[SiH](OCC)OCC.[Cl-].[Cl-].[Cl-].[Cl-].[Zr+4]. The minimum absolute atomic E-state index is 0. The molecule has 0 N–H and O–H groups in total. The van der Waals surface area contributed by atoms with Gasteiger partial charge in [-0.3, -0.25) is 0 Å². The van der Waals surface area contributed by atoms with Crippen LogP contribution >= 0.6 is 0 Å². The Kier molecular flexibility index (Phi) is 71.5. The van der Waals surface area contributed by atoms with E-state index < -0.39 is 9.53 Å². The molecule has 0 rings (SSSR count). The van der Waals surface area contributed by atoms with Crippen molar-refractivity contribution in [3.8, 4) is 0 Å². The Balaban J connectivity index is -0.0000000405. The van der Waals surface area contributed by atoms with Crippen LogP contribution in [0.15, 0.2) is 0 Å². The molecule has 0 radical (unpaired) electrons. The molecule has 0 heterocycles. The van der Waals surface area contributed by atoms with Crippen LogP contribution in [0.25, 0.3) is 0 Å². The van der Waals surface area contributed by atoms with Gasteiger partial charge in [-0.05, 0) is 20.8 Å². The third kappa shape index (κ3) is 26.0. The minimum atomic E-state index is -1.73. The van der Waals surface area contributed by atoms with E-state index in [1.165, 1.54) is 0 Å². The molecule has 0 atom stereocenters. The van der Waals surface area contributed by atoms with Crippen LogP contribution in [0, 0.1) is 0 Å². The van der Waals surface area contributed by atoms with E-state index in [2.05, 4.69) is 0 Å². The van der Waals surface area contributed by atoms with Crippen LogP contribution in [0.3, 0.4) is 0 Å². The first-order chi connectivity index (χ1) is 4.85. The summed E-state index contributed by atoms with van der Waals surface area (Å²) in [6.45, 7) is 7.86. The van der Waals surface area contributed by atoms with Gasteiger partial charge in [-0.15, -0.1) is 0 Å². The quantitative estimate of drug-likeness (QED) is 0.417. The molecule has 0 aromatic rings. The Hall–Kier alpha value is 2.14. The summed E-state index contributed by atoms with van der Waals surface area (Å²) in [6.07, 6.45) is 0. The summed E-state index contributed by atoms with van der Waals surface area (Å²) in [6, 6.07) is 0. The molecular formula is C6H16Cl4O3SiZr. The van der Waals surface area contributed by atoms with Crippen molar-refractivity contribution in [2.75, 3.05) is 19.8 Å². The van der Waals surface area contributed by atoms with Crippen molar-refractivity contribution in [3.05, 3.63) is 0 Å². The second-order valence-electron chi connectivity index (χ2n) is 1.65. The molecule has 0 amide bonds. The summed E-state index contributed by atoms with van der Waals surface area (Å²) < 4.78 is 15.7. The minimum Gasteiger partial charge on any atom is -1.00 e. The van der Waals surface area contributed by atoms with E-state index in [4.69, 9.17) is 13.3 Å². The first-order valence-electron chi connectivity index (χ1n) is 3.69. The zero-order chi connectivity index (χ0) is 7.82. The zero-order valence-corrected chi connectivity index (χ0v) is 15.6. The Morgan fingerprint density at radius 2 is 0.867 bits per heavy atom. The van der Waals surface area contributed by atoms with Gasteiger partial charge in [0.2, 0.25) is 0 Å². The summed E-state index contributed by atoms with van der Waals surface area (Å²) >= 11 is 0. The van der Waals surface area contributed by atoms with Crippen LogP contribution in [-0.2, 0) is 39.5 Å². The molecule has 0 bridgehead atoms. The van der Waals surface area contributed by atoms with Gasteiger partial charge in [0.05, 0.1) is 0 Å². The summed E-state index contributed by atoms with van der Waals surface area (Å²) in [4.78, 5) is 0. The van der Waals surface area contributed by atoms with E-state index in [1.54, 1.807) is 0 Å². The van der Waals surface area contributed by atoms with Crippen LogP contribution in [-0.4, -0.2) is 29.3 Å². The molecule has 0 aliphatic heterocycles. The molecule has 0 aliphatic carbocycles. The normalized spacial score (nSPS) is 7.20. The Morgan fingerprint density at radius 1 is 0.667 bits per heavy atom. The van der Waals surface area contributed by atoms with Crippen LogP contribution in [0.1, 0.15) is 20.8 Å². The molecule has 0 saturated heterocycles. The summed E-state index contributed by atoms with van der Waals surface area (Å²) in [5.41, 5.74) is 0. The van der Waals surface area contributed by atoms with Gasteiger partial charge in [-0.25, -0.2) is 0 Å². The molecule has 9 heteroatoms. The standard InChI is InChI=1S/C6H16O3Si.4ClH.Zr/c1-4-7-10(8-5-2)9-6-3;;;;;/h10H,4-6H2,1-3H3;4*1H;/q;;;;;+4/p-4. The predicted molar refractivity (Wildman–Crippen MR) is 42.0 cm³/mol. The van der Waals surface area contributed by atoms with Gasteiger partial charge in [0.25, 0.3) is 0 Å². The molecule has 0 aromatic heterocycles. The number of rotatable bonds is 6. The maximum Gasteiger partial charge on any atom is 4.00 e. The van der Waals surface area contributed by atoms with Crippen molar-refractivity contribution in [2.24, 2.45) is 0 Å². The molecule has 0 fully saturated rings. The van der Waals surface area contributed by atoms with Crippen LogP contribution in [0.2, 0.25) is 0 Å². The molecule has 0 saturated carbocycles. The first kappa shape index (κ1) is 36.0. The van der Waals surface area contributed by atoms with Gasteiger partial charge in [0, 0.05) is 19.8 Å².